The number of hydrogen-bond acceptors (Lipinski definition) is 3. The van der Waals surface area contributed by atoms with Gasteiger partial charge in [0.05, 0.1) is 13.7 Å². The van der Waals surface area contributed by atoms with Gasteiger partial charge in [0.15, 0.2) is 0 Å². The van der Waals surface area contributed by atoms with Gasteiger partial charge in [-0.05, 0) is 43.5 Å². The third kappa shape index (κ3) is 2.61. The zero-order valence-electron chi connectivity index (χ0n) is 10.4. The molecular formula is C14H21NO2. The summed E-state index contributed by atoms with van der Waals surface area (Å²) in [7, 11) is 1.70. The topological polar surface area (TPSA) is 44.5 Å². The molecule has 1 atom stereocenters. The highest BCUT2D eigenvalue weighted by Gasteiger charge is 2.34. The van der Waals surface area contributed by atoms with Gasteiger partial charge in [0, 0.05) is 12.0 Å². The molecule has 1 heterocycles. The minimum atomic E-state index is 0.0849. The van der Waals surface area contributed by atoms with E-state index in [2.05, 4.69) is 12.1 Å². The molecule has 0 bridgehead atoms. The first-order valence-electron chi connectivity index (χ1n) is 6.23. The number of rotatable bonds is 4. The molecule has 1 aromatic rings. The first-order chi connectivity index (χ1) is 8.30. The number of methoxy groups -OCH3 is 1. The second kappa shape index (κ2) is 5.52. The van der Waals surface area contributed by atoms with Crippen molar-refractivity contribution in [3.05, 3.63) is 29.8 Å². The lowest BCUT2D eigenvalue weighted by atomic mass is 9.73. The molecular weight excluding hydrogens is 214 g/mol. The van der Waals surface area contributed by atoms with Crippen molar-refractivity contribution in [1.82, 2.24) is 0 Å². The van der Waals surface area contributed by atoms with Crippen molar-refractivity contribution in [2.75, 3.05) is 26.9 Å². The maximum absolute atomic E-state index is 5.77. The predicted octanol–water partition coefficient (Wildman–Crippen LogP) is 2.09. The van der Waals surface area contributed by atoms with E-state index in [0.29, 0.717) is 6.54 Å². The first-order valence-corrected chi connectivity index (χ1v) is 6.23. The van der Waals surface area contributed by atoms with E-state index in [4.69, 9.17) is 15.2 Å². The van der Waals surface area contributed by atoms with E-state index in [0.717, 1.165) is 38.2 Å². The van der Waals surface area contributed by atoms with Gasteiger partial charge in [0.2, 0.25) is 0 Å². The van der Waals surface area contributed by atoms with Gasteiger partial charge in [-0.3, -0.25) is 0 Å². The highest BCUT2D eigenvalue weighted by molar-refractivity contribution is 5.34. The summed E-state index contributed by atoms with van der Waals surface area (Å²) < 4.78 is 11.0. The van der Waals surface area contributed by atoms with E-state index < -0.39 is 0 Å². The van der Waals surface area contributed by atoms with Crippen molar-refractivity contribution >= 4 is 0 Å². The Labute approximate surface area is 103 Å². The van der Waals surface area contributed by atoms with Crippen molar-refractivity contribution in [3.63, 3.8) is 0 Å². The molecule has 1 unspecified atom stereocenters. The van der Waals surface area contributed by atoms with Crippen molar-refractivity contribution in [1.29, 1.82) is 0 Å². The Morgan fingerprint density at radius 3 is 3.00 bits per heavy atom. The van der Waals surface area contributed by atoms with Gasteiger partial charge < -0.3 is 15.2 Å². The number of benzene rings is 1. The van der Waals surface area contributed by atoms with E-state index in [9.17, 15) is 0 Å². The summed E-state index contributed by atoms with van der Waals surface area (Å²) in [6.07, 6.45) is 3.23. The van der Waals surface area contributed by atoms with E-state index in [1.54, 1.807) is 7.11 Å². The van der Waals surface area contributed by atoms with Gasteiger partial charge in [-0.2, -0.15) is 0 Å². The third-order valence-corrected chi connectivity index (χ3v) is 3.63. The number of nitrogens with two attached hydrogens (primary N) is 1. The predicted molar refractivity (Wildman–Crippen MR) is 68.4 cm³/mol. The minimum absolute atomic E-state index is 0.0849. The largest absolute Gasteiger partial charge is 0.497 e. The standard InChI is InChI=1S/C14H21NO2/c1-16-13-5-2-4-12(10-13)14(7-8-15)6-3-9-17-11-14/h2,4-5,10H,3,6-9,11,15H2,1H3. The van der Waals surface area contributed by atoms with Crippen LogP contribution in [0.1, 0.15) is 24.8 Å². The summed E-state index contributed by atoms with van der Waals surface area (Å²) in [5.74, 6) is 0.907. The molecule has 17 heavy (non-hydrogen) atoms. The van der Waals surface area contributed by atoms with Crippen LogP contribution in [-0.2, 0) is 10.2 Å². The van der Waals surface area contributed by atoms with Crippen LogP contribution < -0.4 is 10.5 Å². The summed E-state index contributed by atoms with van der Waals surface area (Å²) in [6, 6.07) is 8.29. The molecule has 0 aromatic heterocycles. The first kappa shape index (κ1) is 12.4. The van der Waals surface area contributed by atoms with Gasteiger partial charge in [-0.1, -0.05) is 12.1 Å². The van der Waals surface area contributed by atoms with Crippen LogP contribution in [0.3, 0.4) is 0 Å². The van der Waals surface area contributed by atoms with E-state index in [-0.39, 0.29) is 5.41 Å². The summed E-state index contributed by atoms with van der Waals surface area (Å²) in [6.45, 7) is 2.34. The van der Waals surface area contributed by atoms with E-state index in [1.807, 2.05) is 12.1 Å². The Morgan fingerprint density at radius 2 is 2.35 bits per heavy atom. The lowest BCUT2D eigenvalue weighted by Gasteiger charge is -2.37. The number of ether oxygens (including phenoxy) is 2. The fraction of sp³-hybridized carbons (Fsp3) is 0.571. The van der Waals surface area contributed by atoms with Gasteiger partial charge in [0.25, 0.3) is 0 Å². The van der Waals surface area contributed by atoms with Gasteiger partial charge in [0.1, 0.15) is 5.75 Å². The zero-order valence-corrected chi connectivity index (χ0v) is 10.4. The molecule has 0 saturated carbocycles. The Bertz CT molecular complexity index is 353. The number of hydrogen-bond donors (Lipinski definition) is 1. The summed E-state index contributed by atoms with van der Waals surface area (Å²) in [5.41, 5.74) is 7.14. The lowest BCUT2D eigenvalue weighted by molar-refractivity contribution is 0.0311. The Balaban J connectivity index is 2.30. The normalized spacial score (nSPS) is 24.6. The zero-order chi connectivity index (χ0) is 12.1. The molecule has 94 valence electrons. The second-order valence-corrected chi connectivity index (χ2v) is 4.71. The average molecular weight is 235 g/mol. The molecule has 3 nitrogen and oxygen atoms in total. The van der Waals surface area contributed by atoms with Crippen LogP contribution in [0, 0.1) is 0 Å². The van der Waals surface area contributed by atoms with Crippen LogP contribution in [0.25, 0.3) is 0 Å². The molecule has 1 aliphatic heterocycles. The van der Waals surface area contributed by atoms with Crippen LogP contribution >= 0.6 is 0 Å². The van der Waals surface area contributed by atoms with Crippen LogP contribution in [-0.4, -0.2) is 26.9 Å². The van der Waals surface area contributed by atoms with Crippen molar-refractivity contribution in [2.45, 2.75) is 24.7 Å². The summed E-state index contributed by atoms with van der Waals surface area (Å²) in [5, 5.41) is 0. The quantitative estimate of drug-likeness (QED) is 0.869. The maximum Gasteiger partial charge on any atom is 0.119 e. The monoisotopic (exact) mass is 235 g/mol. The molecule has 0 aliphatic carbocycles. The SMILES string of the molecule is COc1cccc(C2(CCN)CCCOC2)c1. The minimum Gasteiger partial charge on any atom is -0.497 e. The van der Waals surface area contributed by atoms with Crippen LogP contribution in [0.5, 0.6) is 5.75 Å². The van der Waals surface area contributed by atoms with Crippen LogP contribution in [0.2, 0.25) is 0 Å². The highest BCUT2D eigenvalue weighted by atomic mass is 16.5. The molecule has 0 spiro atoms. The smallest absolute Gasteiger partial charge is 0.119 e. The molecule has 1 aromatic carbocycles. The summed E-state index contributed by atoms with van der Waals surface area (Å²) in [4.78, 5) is 0. The van der Waals surface area contributed by atoms with Gasteiger partial charge >= 0.3 is 0 Å². The Morgan fingerprint density at radius 1 is 1.47 bits per heavy atom. The van der Waals surface area contributed by atoms with Crippen molar-refractivity contribution < 1.29 is 9.47 Å². The second-order valence-electron chi connectivity index (χ2n) is 4.71. The van der Waals surface area contributed by atoms with E-state index in [1.165, 1.54) is 5.56 Å². The van der Waals surface area contributed by atoms with Crippen molar-refractivity contribution in [2.24, 2.45) is 5.73 Å². The molecule has 2 N–H and O–H groups in total. The molecule has 0 radical (unpaired) electrons. The highest BCUT2D eigenvalue weighted by Crippen LogP contribution is 2.37. The molecule has 0 amide bonds. The summed E-state index contributed by atoms with van der Waals surface area (Å²) >= 11 is 0. The molecule has 1 aliphatic rings. The molecule has 1 fully saturated rings. The van der Waals surface area contributed by atoms with Gasteiger partial charge in [-0.15, -0.1) is 0 Å². The maximum atomic E-state index is 5.77. The van der Waals surface area contributed by atoms with Crippen LogP contribution in [0.15, 0.2) is 24.3 Å². The van der Waals surface area contributed by atoms with Crippen LogP contribution in [0.4, 0.5) is 0 Å². The fourth-order valence-corrected chi connectivity index (χ4v) is 2.65. The lowest BCUT2D eigenvalue weighted by Crippen LogP contribution is -2.38. The van der Waals surface area contributed by atoms with Crippen molar-refractivity contribution in [3.8, 4) is 5.75 Å². The van der Waals surface area contributed by atoms with Gasteiger partial charge in [-0.25, -0.2) is 0 Å². The average Bonchev–Trinajstić information content (AvgIpc) is 2.40. The Hall–Kier alpha value is -1.06. The van der Waals surface area contributed by atoms with E-state index >= 15 is 0 Å². The molecule has 1 saturated heterocycles. The molecule has 3 heteroatoms. The third-order valence-electron chi connectivity index (χ3n) is 3.63. The molecule has 2 rings (SSSR count). The Kier molecular flexibility index (Phi) is 4.02. The fourth-order valence-electron chi connectivity index (χ4n) is 2.65.